The Labute approximate surface area is 106 Å². The average Bonchev–Trinajstić information content (AvgIpc) is 2.91. The summed E-state index contributed by atoms with van der Waals surface area (Å²) >= 11 is 1.44. The number of aliphatic hydroxyl groups excluding tert-OH is 1. The largest absolute Gasteiger partial charge is 0.386 e. The highest BCUT2D eigenvalue weighted by atomic mass is 32.1. The molecule has 0 bridgehead atoms. The summed E-state index contributed by atoms with van der Waals surface area (Å²) in [6.07, 6.45) is 5.97. The van der Waals surface area contributed by atoms with Crippen LogP contribution in [0, 0.1) is 22.7 Å². The van der Waals surface area contributed by atoms with Gasteiger partial charge in [0.2, 0.25) is 0 Å². The van der Waals surface area contributed by atoms with Gasteiger partial charge in [-0.25, -0.2) is 0 Å². The van der Waals surface area contributed by atoms with Crippen molar-refractivity contribution in [3.8, 4) is 6.07 Å². The van der Waals surface area contributed by atoms with Crippen LogP contribution in [0.4, 0.5) is 0 Å². The molecule has 3 atom stereocenters. The summed E-state index contributed by atoms with van der Waals surface area (Å²) in [5.41, 5.74) is 1.12. The Bertz CT molecular complexity index is 398. The third-order valence-corrected chi connectivity index (χ3v) is 4.76. The summed E-state index contributed by atoms with van der Waals surface area (Å²) in [5.74, 6) is 0.575. The van der Waals surface area contributed by atoms with Crippen LogP contribution in [0.3, 0.4) is 0 Å². The second kappa shape index (κ2) is 5.16. The van der Waals surface area contributed by atoms with Gasteiger partial charge in [0.25, 0.3) is 0 Å². The van der Waals surface area contributed by atoms with E-state index < -0.39 is 11.5 Å². The summed E-state index contributed by atoms with van der Waals surface area (Å²) in [4.78, 5) is 4.81. The van der Waals surface area contributed by atoms with E-state index >= 15 is 0 Å². The third kappa shape index (κ3) is 2.36. The highest BCUT2D eigenvalue weighted by Crippen LogP contribution is 2.48. The zero-order chi connectivity index (χ0) is 12.3. The van der Waals surface area contributed by atoms with E-state index in [2.05, 4.69) is 18.0 Å². The molecule has 0 radical (unpaired) electrons. The van der Waals surface area contributed by atoms with Crippen LogP contribution in [0.5, 0.6) is 0 Å². The minimum atomic E-state index is -0.672. The van der Waals surface area contributed by atoms with Crippen LogP contribution in [-0.4, -0.2) is 10.1 Å². The van der Waals surface area contributed by atoms with Gasteiger partial charge in [-0.05, 0) is 18.8 Å². The van der Waals surface area contributed by atoms with Gasteiger partial charge in [-0.2, -0.15) is 5.26 Å². The predicted molar refractivity (Wildman–Crippen MR) is 67.4 cm³/mol. The van der Waals surface area contributed by atoms with Crippen LogP contribution in [-0.2, 0) is 0 Å². The summed E-state index contributed by atoms with van der Waals surface area (Å²) in [6.45, 7) is 2.16. The number of aliphatic hydroxyl groups is 1. The van der Waals surface area contributed by atoms with Crippen LogP contribution in [0.25, 0.3) is 0 Å². The molecular weight excluding hydrogens is 232 g/mol. The molecule has 0 amide bonds. The molecule has 92 valence electrons. The Kier molecular flexibility index (Phi) is 3.80. The van der Waals surface area contributed by atoms with Crippen LogP contribution in [0.1, 0.15) is 50.0 Å². The molecule has 0 aliphatic heterocycles. The first kappa shape index (κ1) is 12.5. The van der Waals surface area contributed by atoms with Crippen molar-refractivity contribution in [3.63, 3.8) is 0 Å². The van der Waals surface area contributed by atoms with E-state index in [9.17, 15) is 10.4 Å². The van der Waals surface area contributed by atoms with E-state index in [-0.39, 0.29) is 0 Å². The van der Waals surface area contributed by atoms with Gasteiger partial charge in [0.15, 0.2) is 0 Å². The molecular formula is C13H18N2OS. The summed E-state index contributed by atoms with van der Waals surface area (Å²) in [6, 6.07) is 2.40. The van der Waals surface area contributed by atoms with Crippen LogP contribution in [0.2, 0.25) is 0 Å². The number of nitrogens with zero attached hydrogens (tertiary/aromatic N) is 2. The van der Waals surface area contributed by atoms with Crippen LogP contribution >= 0.6 is 11.3 Å². The molecule has 1 saturated carbocycles. The van der Waals surface area contributed by atoms with Gasteiger partial charge in [-0.15, -0.1) is 11.3 Å². The maximum absolute atomic E-state index is 10.4. The molecule has 1 aromatic heterocycles. The molecule has 17 heavy (non-hydrogen) atoms. The van der Waals surface area contributed by atoms with E-state index in [1.165, 1.54) is 17.8 Å². The van der Waals surface area contributed by atoms with Crippen molar-refractivity contribution in [2.75, 3.05) is 0 Å². The first-order valence-electron chi connectivity index (χ1n) is 6.19. The maximum Gasteiger partial charge on any atom is 0.108 e. The van der Waals surface area contributed by atoms with Gasteiger partial charge in [-0.1, -0.05) is 26.2 Å². The molecule has 0 aromatic carbocycles. The molecule has 0 spiro atoms. The molecule has 3 unspecified atom stereocenters. The van der Waals surface area contributed by atoms with Gasteiger partial charge in [0.05, 0.1) is 21.9 Å². The van der Waals surface area contributed by atoms with Gasteiger partial charge in [0.1, 0.15) is 6.10 Å². The minimum absolute atomic E-state index is 0.575. The third-order valence-electron chi connectivity index (χ3n) is 3.93. The van der Waals surface area contributed by atoms with Gasteiger partial charge < -0.3 is 5.11 Å². The van der Waals surface area contributed by atoms with Crippen molar-refractivity contribution in [2.24, 2.45) is 11.3 Å². The molecule has 1 heterocycles. The molecule has 1 fully saturated rings. The second-order valence-corrected chi connectivity index (χ2v) is 5.86. The lowest BCUT2D eigenvalue weighted by molar-refractivity contribution is 0.0208. The van der Waals surface area contributed by atoms with Crippen molar-refractivity contribution in [1.82, 2.24) is 4.98 Å². The molecule has 1 aliphatic rings. The molecule has 1 aromatic rings. The van der Waals surface area contributed by atoms with E-state index in [1.54, 1.807) is 11.7 Å². The van der Waals surface area contributed by atoms with Crippen molar-refractivity contribution >= 4 is 11.3 Å². The number of hydrogen-bond acceptors (Lipinski definition) is 4. The van der Waals surface area contributed by atoms with E-state index in [4.69, 9.17) is 0 Å². The van der Waals surface area contributed by atoms with Crippen molar-refractivity contribution in [1.29, 1.82) is 5.26 Å². The van der Waals surface area contributed by atoms with Crippen molar-refractivity contribution < 1.29 is 5.11 Å². The fourth-order valence-corrected chi connectivity index (χ4v) is 3.54. The number of hydrogen-bond donors (Lipinski definition) is 1. The highest BCUT2D eigenvalue weighted by molar-refractivity contribution is 7.09. The Hall–Kier alpha value is -0.920. The Morgan fingerprint density at radius 3 is 3.18 bits per heavy atom. The lowest BCUT2D eigenvalue weighted by Crippen LogP contribution is -2.33. The summed E-state index contributed by atoms with van der Waals surface area (Å²) < 4.78 is 0. The number of aromatic nitrogens is 1. The van der Waals surface area contributed by atoms with Gasteiger partial charge >= 0.3 is 0 Å². The van der Waals surface area contributed by atoms with E-state index in [0.717, 1.165) is 30.6 Å². The average molecular weight is 250 g/mol. The lowest BCUT2D eigenvalue weighted by atomic mass is 9.66. The quantitative estimate of drug-likeness (QED) is 0.895. The Morgan fingerprint density at radius 1 is 1.76 bits per heavy atom. The predicted octanol–water partition coefficient (Wildman–Crippen LogP) is 3.29. The van der Waals surface area contributed by atoms with Crippen LogP contribution in [0.15, 0.2) is 11.7 Å². The number of rotatable bonds is 3. The SMILES string of the molecule is CCC1CCCC(C#N)(C(O)c2cncs2)C1. The highest BCUT2D eigenvalue weighted by Gasteiger charge is 2.43. The van der Waals surface area contributed by atoms with Gasteiger partial charge in [-0.3, -0.25) is 4.98 Å². The Morgan fingerprint density at radius 2 is 2.59 bits per heavy atom. The minimum Gasteiger partial charge on any atom is -0.386 e. The number of nitriles is 1. The van der Waals surface area contributed by atoms with E-state index in [0.29, 0.717) is 5.92 Å². The normalized spacial score (nSPS) is 30.8. The summed E-state index contributed by atoms with van der Waals surface area (Å²) in [7, 11) is 0. The standard InChI is InChI=1S/C13H18N2OS/c1-2-10-4-3-5-13(6-10,8-14)12(16)11-7-15-9-17-11/h7,9-10,12,16H,2-6H2,1H3. The zero-order valence-corrected chi connectivity index (χ0v) is 10.9. The fraction of sp³-hybridized carbons (Fsp3) is 0.692. The fourth-order valence-electron chi connectivity index (χ4n) is 2.82. The van der Waals surface area contributed by atoms with Gasteiger partial charge in [0, 0.05) is 6.20 Å². The molecule has 4 heteroatoms. The number of thiazole rings is 1. The van der Waals surface area contributed by atoms with Crippen molar-refractivity contribution in [3.05, 3.63) is 16.6 Å². The molecule has 3 nitrogen and oxygen atoms in total. The Balaban J connectivity index is 2.22. The molecule has 2 rings (SSSR count). The first-order chi connectivity index (χ1) is 8.22. The summed E-state index contributed by atoms with van der Waals surface area (Å²) in [5, 5.41) is 19.9. The van der Waals surface area contributed by atoms with Crippen molar-refractivity contribution in [2.45, 2.75) is 45.1 Å². The molecule has 1 N–H and O–H groups in total. The molecule has 1 aliphatic carbocycles. The maximum atomic E-state index is 10.4. The molecule has 0 saturated heterocycles. The zero-order valence-electron chi connectivity index (χ0n) is 10.1. The van der Waals surface area contributed by atoms with Crippen LogP contribution < -0.4 is 0 Å². The van der Waals surface area contributed by atoms with E-state index in [1.807, 2.05) is 0 Å². The second-order valence-electron chi connectivity index (χ2n) is 4.94. The lowest BCUT2D eigenvalue weighted by Gasteiger charge is -2.38. The topological polar surface area (TPSA) is 56.9 Å². The monoisotopic (exact) mass is 250 g/mol. The first-order valence-corrected chi connectivity index (χ1v) is 7.07. The smallest absolute Gasteiger partial charge is 0.108 e.